The molecule has 0 bridgehead atoms. The monoisotopic (exact) mass is 250 g/mol. The Balaban J connectivity index is 1.87. The average Bonchev–Trinajstić information content (AvgIpc) is 2.73. The van der Waals surface area contributed by atoms with Crippen molar-refractivity contribution in [3.05, 3.63) is 23.9 Å². The molecule has 1 atom stereocenters. The molecule has 1 aliphatic heterocycles. The highest BCUT2D eigenvalue weighted by Crippen LogP contribution is 2.09. The molecule has 4 N–H and O–H groups in total. The number of hydrogen-bond acceptors (Lipinski definition) is 4. The normalized spacial score (nSPS) is 18.8. The van der Waals surface area contributed by atoms with Crippen molar-refractivity contribution < 1.29 is 4.79 Å². The molecule has 2 heterocycles. The highest BCUT2D eigenvalue weighted by Gasteiger charge is 2.20. The Hall–Kier alpha value is -1.69. The number of nitrogens with one attached hydrogen (secondary N) is 2. The fourth-order valence-corrected chi connectivity index (χ4v) is 1.82. The predicted octanol–water partition coefficient (Wildman–Crippen LogP) is 0.406. The van der Waals surface area contributed by atoms with E-state index in [2.05, 4.69) is 15.6 Å². The van der Waals surface area contributed by atoms with Gasteiger partial charge in [0.25, 0.3) is 0 Å². The Morgan fingerprint density at radius 2 is 2.47 bits per heavy atom. The molecule has 1 saturated heterocycles. The van der Waals surface area contributed by atoms with Gasteiger partial charge in [0.1, 0.15) is 10.8 Å². The summed E-state index contributed by atoms with van der Waals surface area (Å²) in [6, 6.07) is 3.84. The smallest absolute Gasteiger partial charge is 0.220 e. The summed E-state index contributed by atoms with van der Waals surface area (Å²) in [5.74, 6) is 0.875. The van der Waals surface area contributed by atoms with Crippen molar-refractivity contribution in [3.8, 4) is 0 Å². The van der Waals surface area contributed by atoms with E-state index in [4.69, 9.17) is 18.0 Å². The van der Waals surface area contributed by atoms with Gasteiger partial charge in [0.05, 0.1) is 0 Å². The first-order valence-corrected chi connectivity index (χ1v) is 5.85. The van der Waals surface area contributed by atoms with Gasteiger partial charge in [-0.1, -0.05) is 12.2 Å². The summed E-state index contributed by atoms with van der Waals surface area (Å²) in [6.45, 7) is 0.686. The highest BCUT2D eigenvalue weighted by atomic mass is 32.1. The zero-order valence-electron chi connectivity index (χ0n) is 9.27. The zero-order chi connectivity index (χ0) is 12.3. The Kier molecular flexibility index (Phi) is 3.53. The van der Waals surface area contributed by atoms with Gasteiger partial charge in [-0.15, -0.1) is 0 Å². The first-order chi connectivity index (χ1) is 8.15. The first-order valence-electron chi connectivity index (χ1n) is 5.44. The van der Waals surface area contributed by atoms with Crippen molar-refractivity contribution in [1.29, 1.82) is 0 Å². The summed E-state index contributed by atoms with van der Waals surface area (Å²) in [6.07, 6.45) is 3.12. The van der Waals surface area contributed by atoms with Crippen molar-refractivity contribution in [3.63, 3.8) is 0 Å². The molecule has 0 aliphatic carbocycles. The van der Waals surface area contributed by atoms with Crippen LogP contribution in [0.5, 0.6) is 0 Å². The minimum absolute atomic E-state index is 0.119. The molecule has 0 spiro atoms. The van der Waals surface area contributed by atoms with Crippen LogP contribution < -0.4 is 16.4 Å². The van der Waals surface area contributed by atoms with Crippen LogP contribution in [-0.2, 0) is 4.79 Å². The summed E-state index contributed by atoms with van der Waals surface area (Å²) in [5.41, 5.74) is 6.23. The van der Waals surface area contributed by atoms with Crippen molar-refractivity contribution in [2.24, 2.45) is 5.73 Å². The molecule has 1 aromatic rings. The van der Waals surface area contributed by atoms with Gasteiger partial charge in [-0.3, -0.25) is 4.79 Å². The fraction of sp³-hybridized carbons (Fsp3) is 0.364. The molecule has 5 nitrogen and oxygen atoms in total. The van der Waals surface area contributed by atoms with Crippen LogP contribution in [-0.4, -0.2) is 28.5 Å². The lowest BCUT2D eigenvalue weighted by Crippen LogP contribution is -2.31. The average molecular weight is 250 g/mol. The lowest BCUT2D eigenvalue weighted by molar-refractivity contribution is -0.119. The molecule has 1 aliphatic rings. The van der Waals surface area contributed by atoms with E-state index in [-0.39, 0.29) is 11.9 Å². The topological polar surface area (TPSA) is 80.0 Å². The second-order valence-corrected chi connectivity index (χ2v) is 4.42. The highest BCUT2D eigenvalue weighted by molar-refractivity contribution is 7.80. The molecule has 1 fully saturated rings. The van der Waals surface area contributed by atoms with Gasteiger partial charge in [-0.25, -0.2) is 4.98 Å². The summed E-state index contributed by atoms with van der Waals surface area (Å²) >= 11 is 4.84. The van der Waals surface area contributed by atoms with E-state index in [1.807, 2.05) is 12.1 Å². The summed E-state index contributed by atoms with van der Waals surface area (Å²) in [4.78, 5) is 15.5. The number of anilines is 1. The van der Waals surface area contributed by atoms with Gasteiger partial charge in [0, 0.05) is 30.8 Å². The van der Waals surface area contributed by atoms with Crippen molar-refractivity contribution in [2.45, 2.75) is 18.9 Å². The molecule has 1 aromatic heterocycles. The number of pyridine rings is 1. The van der Waals surface area contributed by atoms with E-state index in [1.165, 1.54) is 0 Å². The molecule has 2 rings (SSSR count). The number of carbonyl (C=O) groups is 1. The Bertz CT molecular complexity index is 432. The maximum Gasteiger partial charge on any atom is 0.220 e. The Labute approximate surface area is 105 Å². The first kappa shape index (κ1) is 11.8. The largest absolute Gasteiger partial charge is 0.389 e. The molecule has 1 amide bonds. The maximum atomic E-state index is 11.0. The second-order valence-electron chi connectivity index (χ2n) is 3.98. The molecule has 17 heavy (non-hydrogen) atoms. The van der Waals surface area contributed by atoms with Crippen LogP contribution >= 0.6 is 12.2 Å². The van der Waals surface area contributed by atoms with Gasteiger partial charge in [0.2, 0.25) is 5.91 Å². The van der Waals surface area contributed by atoms with Gasteiger partial charge < -0.3 is 16.4 Å². The van der Waals surface area contributed by atoms with Crippen molar-refractivity contribution in [1.82, 2.24) is 10.3 Å². The number of rotatable bonds is 4. The van der Waals surface area contributed by atoms with Crippen LogP contribution in [0, 0.1) is 0 Å². The maximum absolute atomic E-state index is 11.0. The fourth-order valence-electron chi connectivity index (χ4n) is 1.70. The number of carbonyl (C=O) groups excluding carboxylic acids is 1. The second kappa shape index (κ2) is 5.09. The van der Waals surface area contributed by atoms with Crippen molar-refractivity contribution >= 4 is 28.9 Å². The number of aromatic nitrogens is 1. The number of amides is 1. The van der Waals surface area contributed by atoms with Gasteiger partial charge >= 0.3 is 0 Å². The van der Waals surface area contributed by atoms with Crippen LogP contribution in [0.15, 0.2) is 18.3 Å². The van der Waals surface area contributed by atoms with Crippen LogP contribution in [0.25, 0.3) is 0 Å². The molecule has 0 aromatic carbocycles. The molecule has 1 unspecified atom stereocenters. The summed E-state index contributed by atoms with van der Waals surface area (Å²) in [5, 5.41) is 6.05. The summed E-state index contributed by atoms with van der Waals surface area (Å²) < 4.78 is 0. The van der Waals surface area contributed by atoms with Gasteiger partial charge in [0.15, 0.2) is 0 Å². The number of nitrogens with two attached hydrogens (primary N) is 1. The van der Waals surface area contributed by atoms with E-state index < -0.39 is 0 Å². The van der Waals surface area contributed by atoms with E-state index >= 15 is 0 Å². The van der Waals surface area contributed by atoms with Crippen LogP contribution in [0.3, 0.4) is 0 Å². The van der Waals surface area contributed by atoms with E-state index in [9.17, 15) is 4.79 Å². The van der Waals surface area contributed by atoms with Crippen LogP contribution in [0.4, 0.5) is 5.82 Å². The minimum Gasteiger partial charge on any atom is -0.389 e. The van der Waals surface area contributed by atoms with Crippen LogP contribution in [0.1, 0.15) is 18.4 Å². The third-order valence-electron chi connectivity index (χ3n) is 2.66. The number of hydrogen-bond donors (Lipinski definition) is 3. The zero-order valence-corrected chi connectivity index (χ0v) is 10.1. The molecule has 6 heteroatoms. The third kappa shape index (κ3) is 3.13. The molecule has 90 valence electrons. The van der Waals surface area contributed by atoms with E-state index in [0.29, 0.717) is 18.0 Å². The van der Waals surface area contributed by atoms with Gasteiger partial charge in [-0.2, -0.15) is 0 Å². The summed E-state index contributed by atoms with van der Waals surface area (Å²) in [7, 11) is 0. The lowest BCUT2D eigenvalue weighted by atomic mass is 10.2. The lowest BCUT2D eigenvalue weighted by Gasteiger charge is -2.11. The minimum atomic E-state index is 0.119. The van der Waals surface area contributed by atoms with E-state index in [0.717, 1.165) is 17.8 Å². The Morgan fingerprint density at radius 1 is 1.65 bits per heavy atom. The van der Waals surface area contributed by atoms with Crippen molar-refractivity contribution in [2.75, 3.05) is 11.9 Å². The SMILES string of the molecule is NC(=S)c1ccc(NCC2CCC(=O)N2)nc1. The quantitative estimate of drug-likeness (QED) is 0.674. The predicted molar refractivity (Wildman–Crippen MR) is 69.8 cm³/mol. The Morgan fingerprint density at radius 3 is 3.00 bits per heavy atom. The molecule has 0 saturated carbocycles. The molecular weight excluding hydrogens is 236 g/mol. The standard InChI is InChI=1S/C11H14N4OS/c12-11(17)7-1-3-9(13-5-7)14-6-8-2-4-10(16)15-8/h1,3,5,8H,2,4,6H2,(H2,12,17)(H,13,14)(H,15,16). The number of nitrogens with zero attached hydrogens (tertiary/aromatic N) is 1. The van der Waals surface area contributed by atoms with E-state index in [1.54, 1.807) is 6.20 Å². The number of thiocarbonyl (C=S) groups is 1. The van der Waals surface area contributed by atoms with Crippen LogP contribution in [0.2, 0.25) is 0 Å². The van der Waals surface area contributed by atoms with Gasteiger partial charge in [-0.05, 0) is 18.6 Å². The molecular formula is C11H14N4OS. The third-order valence-corrected chi connectivity index (χ3v) is 2.90. The molecule has 0 radical (unpaired) electrons.